The van der Waals surface area contributed by atoms with Gasteiger partial charge in [0, 0.05) is 18.9 Å². The Morgan fingerprint density at radius 2 is 1.90 bits per heavy atom. The third-order valence-corrected chi connectivity index (χ3v) is 6.39. The molecule has 3 aliphatic rings. The molecule has 2 aliphatic heterocycles. The second-order valence-corrected chi connectivity index (χ2v) is 9.85. The molecular formula is C25H39NO3. The summed E-state index contributed by atoms with van der Waals surface area (Å²) < 4.78 is 12.0. The third-order valence-electron chi connectivity index (χ3n) is 6.39. The molecule has 2 heterocycles. The topological polar surface area (TPSA) is 50.9 Å². The Morgan fingerprint density at radius 1 is 1.17 bits per heavy atom. The van der Waals surface area contributed by atoms with Gasteiger partial charge < -0.3 is 14.8 Å². The summed E-state index contributed by atoms with van der Waals surface area (Å²) in [6, 6.07) is 0.342. The maximum Gasteiger partial charge on any atom is 0.243 e. The van der Waals surface area contributed by atoms with Gasteiger partial charge >= 0.3 is 0 Å². The van der Waals surface area contributed by atoms with Gasteiger partial charge in [0.1, 0.15) is 0 Å². The van der Waals surface area contributed by atoms with Crippen molar-refractivity contribution in [2.75, 3.05) is 6.61 Å². The molecule has 4 heteroatoms. The minimum absolute atomic E-state index is 0.0580. The van der Waals surface area contributed by atoms with E-state index in [2.05, 4.69) is 44.3 Å². The monoisotopic (exact) mass is 401 g/mol. The first-order chi connectivity index (χ1) is 13.8. The Labute approximate surface area is 176 Å². The molecule has 1 amide bonds. The molecule has 2 atom stereocenters. The van der Waals surface area contributed by atoms with Crippen molar-refractivity contribution >= 4 is 5.91 Å². The number of ether oxygens (including phenoxy) is 2. The van der Waals surface area contributed by atoms with Crippen molar-refractivity contribution in [3.05, 3.63) is 36.0 Å². The number of carbonyl (C=O) groups excluding carboxylic acids is 1. The normalized spacial score (nSPS) is 34.8. The van der Waals surface area contributed by atoms with Crippen LogP contribution in [-0.2, 0) is 14.3 Å². The number of hydrogen-bond donors (Lipinski definition) is 1. The second kappa shape index (κ2) is 9.61. The van der Waals surface area contributed by atoms with Crippen molar-refractivity contribution in [3.63, 3.8) is 0 Å². The molecule has 3 fully saturated rings. The molecule has 2 saturated heterocycles. The van der Waals surface area contributed by atoms with Crippen molar-refractivity contribution in [1.82, 2.24) is 5.32 Å². The van der Waals surface area contributed by atoms with Crippen molar-refractivity contribution in [3.8, 4) is 0 Å². The number of allylic oxidation sites excluding steroid dienone is 4. The van der Waals surface area contributed by atoms with E-state index >= 15 is 0 Å². The summed E-state index contributed by atoms with van der Waals surface area (Å²) >= 11 is 0. The Morgan fingerprint density at radius 3 is 2.55 bits per heavy atom. The smallest absolute Gasteiger partial charge is 0.243 e. The van der Waals surface area contributed by atoms with Gasteiger partial charge in [0.2, 0.25) is 5.91 Å². The van der Waals surface area contributed by atoms with Gasteiger partial charge in [-0.2, -0.15) is 0 Å². The first kappa shape index (κ1) is 22.3. The van der Waals surface area contributed by atoms with Crippen LogP contribution in [0.5, 0.6) is 0 Å². The van der Waals surface area contributed by atoms with Crippen LogP contribution in [0.2, 0.25) is 0 Å². The number of amides is 1. The lowest BCUT2D eigenvalue weighted by Crippen LogP contribution is -2.43. The molecule has 1 saturated carbocycles. The van der Waals surface area contributed by atoms with Gasteiger partial charge in [-0.1, -0.05) is 36.8 Å². The quantitative estimate of drug-likeness (QED) is 0.360. The molecule has 3 rings (SSSR count). The van der Waals surface area contributed by atoms with Crippen LogP contribution in [0.15, 0.2) is 36.0 Å². The average molecular weight is 402 g/mol. The van der Waals surface area contributed by atoms with E-state index in [0.717, 1.165) is 51.0 Å². The Bertz CT molecular complexity index is 643. The highest BCUT2D eigenvalue weighted by Crippen LogP contribution is 2.46. The fourth-order valence-corrected chi connectivity index (χ4v) is 4.83. The zero-order chi connectivity index (χ0) is 20.9. The van der Waals surface area contributed by atoms with Crippen molar-refractivity contribution in [1.29, 1.82) is 0 Å². The maximum absolute atomic E-state index is 11.8. The summed E-state index contributed by atoms with van der Waals surface area (Å²) in [7, 11) is 0. The van der Waals surface area contributed by atoms with Crippen molar-refractivity contribution in [2.24, 2.45) is 5.92 Å². The van der Waals surface area contributed by atoms with Gasteiger partial charge in [-0.15, -0.1) is 0 Å². The molecule has 1 aliphatic carbocycles. The van der Waals surface area contributed by atoms with Crippen LogP contribution in [-0.4, -0.2) is 35.9 Å². The molecule has 1 spiro atoms. The fourth-order valence-electron chi connectivity index (χ4n) is 4.83. The predicted molar refractivity (Wildman–Crippen MR) is 118 cm³/mol. The van der Waals surface area contributed by atoms with E-state index in [0.29, 0.717) is 6.04 Å². The van der Waals surface area contributed by atoms with Gasteiger partial charge in [-0.3, -0.25) is 4.79 Å². The highest BCUT2D eigenvalue weighted by molar-refractivity contribution is 5.87. The average Bonchev–Trinajstić information content (AvgIpc) is 3.40. The third kappa shape index (κ3) is 7.11. The Kier molecular flexibility index (Phi) is 7.39. The summed E-state index contributed by atoms with van der Waals surface area (Å²) in [5.41, 5.74) is 1.28. The van der Waals surface area contributed by atoms with Crippen LogP contribution in [0.4, 0.5) is 0 Å². The molecule has 1 N–H and O–H groups in total. The largest absolute Gasteiger partial charge is 0.369 e. The van der Waals surface area contributed by atoms with Gasteiger partial charge in [0.15, 0.2) is 0 Å². The Hall–Kier alpha value is -1.39. The van der Waals surface area contributed by atoms with Crippen LogP contribution in [0.25, 0.3) is 0 Å². The van der Waals surface area contributed by atoms with E-state index in [1.807, 2.05) is 13.0 Å². The molecule has 0 aromatic carbocycles. The van der Waals surface area contributed by atoms with E-state index < -0.39 is 0 Å². The highest BCUT2D eigenvalue weighted by atomic mass is 16.6. The van der Waals surface area contributed by atoms with Crippen LogP contribution in [0, 0.1) is 5.92 Å². The highest BCUT2D eigenvalue weighted by Gasteiger charge is 2.53. The summed E-state index contributed by atoms with van der Waals surface area (Å²) in [5, 5.41) is 3.14. The molecule has 4 nitrogen and oxygen atoms in total. The number of rotatable bonds is 7. The summed E-state index contributed by atoms with van der Waals surface area (Å²) in [4.78, 5) is 11.8. The van der Waals surface area contributed by atoms with E-state index in [1.54, 1.807) is 6.08 Å². The van der Waals surface area contributed by atoms with E-state index in [4.69, 9.17) is 9.47 Å². The zero-order valence-electron chi connectivity index (χ0n) is 18.7. The first-order valence-electron chi connectivity index (χ1n) is 11.4. The van der Waals surface area contributed by atoms with Crippen LogP contribution < -0.4 is 5.32 Å². The first-order valence-corrected chi connectivity index (χ1v) is 11.4. The van der Waals surface area contributed by atoms with Crippen LogP contribution in [0.1, 0.15) is 79.1 Å². The molecule has 0 bridgehead atoms. The van der Waals surface area contributed by atoms with Crippen LogP contribution >= 0.6 is 0 Å². The molecule has 0 radical (unpaired) electrons. The second-order valence-electron chi connectivity index (χ2n) is 9.85. The van der Waals surface area contributed by atoms with Gasteiger partial charge in [0.25, 0.3) is 0 Å². The molecule has 1 unspecified atom stereocenters. The van der Waals surface area contributed by atoms with E-state index in [1.165, 1.54) is 18.4 Å². The molecule has 0 aromatic heterocycles. The minimum atomic E-state index is -0.109. The SMILES string of the molecule is CC/C=C\C(=O)NC1CCC(C/C=C(C)/C=C/[C@@H]2CC3(CO3)CC(C)(C)O2)CC1. The van der Waals surface area contributed by atoms with E-state index in [-0.39, 0.29) is 23.2 Å². The standard InChI is InChI=1S/C25H39NO3/c1-5-6-7-23(27)26-21-13-11-20(12-14-21)10-8-19(2)9-15-22-16-25(18-28-25)17-24(3,4)29-22/h6-9,15,20-22H,5,10-14,16-18H2,1-4H3,(H,26,27)/b7-6-,15-9+,19-8+/t20?,21?,22-,25?/m1/s1. The maximum atomic E-state index is 11.8. The van der Waals surface area contributed by atoms with Crippen molar-refractivity contribution in [2.45, 2.75) is 102 Å². The van der Waals surface area contributed by atoms with Gasteiger partial charge in [-0.05, 0) is 71.3 Å². The molecular weight excluding hydrogens is 362 g/mol. The zero-order valence-corrected chi connectivity index (χ0v) is 18.7. The summed E-state index contributed by atoms with van der Waals surface area (Å²) in [6.07, 6.45) is 19.1. The van der Waals surface area contributed by atoms with Crippen molar-refractivity contribution < 1.29 is 14.3 Å². The Balaban J connectivity index is 1.40. The molecule has 0 aromatic rings. The lowest BCUT2D eigenvalue weighted by Gasteiger charge is -2.38. The number of hydrogen-bond acceptors (Lipinski definition) is 3. The number of carbonyl (C=O) groups is 1. The summed E-state index contributed by atoms with van der Waals surface area (Å²) in [5.74, 6) is 0.786. The summed E-state index contributed by atoms with van der Waals surface area (Å²) in [6.45, 7) is 9.44. The fraction of sp³-hybridized carbons (Fsp3) is 0.720. The van der Waals surface area contributed by atoms with E-state index in [9.17, 15) is 4.79 Å². The minimum Gasteiger partial charge on any atom is -0.369 e. The number of epoxide rings is 1. The molecule has 29 heavy (non-hydrogen) atoms. The van der Waals surface area contributed by atoms with Gasteiger partial charge in [0.05, 0.1) is 23.9 Å². The lowest BCUT2D eigenvalue weighted by molar-refractivity contribution is -0.117. The predicted octanol–water partition coefficient (Wildman–Crippen LogP) is 5.25. The number of nitrogens with one attached hydrogen (secondary N) is 1. The lowest BCUT2D eigenvalue weighted by atomic mass is 9.83. The van der Waals surface area contributed by atoms with Crippen LogP contribution in [0.3, 0.4) is 0 Å². The van der Waals surface area contributed by atoms with Gasteiger partial charge in [-0.25, -0.2) is 0 Å². The molecule has 162 valence electrons.